The normalized spacial score (nSPS) is 11.5. The predicted octanol–water partition coefficient (Wildman–Crippen LogP) is 7.28. The van der Waals surface area contributed by atoms with Gasteiger partial charge in [-0.1, -0.05) is 31.9 Å². The summed E-state index contributed by atoms with van der Waals surface area (Å²) in [6.45, 7) is 2.26. The van der Waals surface area contributed by atoms with E-state index in [1.165, 1.54) is 35.6 Å². The van der Waals surface area contributed by atoms with Crippen LogP contribution in [0.2, 0.25) is 0 Å². The number of rotatable bonds is 8. The van der Waals surface area contributed by atoms with Crippen LogP contribution in [0.25, 0.3) is 11.3 Å². The highest BCUT2D eigenvalue weighted by atomic mass is 32.1. The number of hydrogen-bond donors (Lipinski definition) is 1. The molecular weight excluding hydrogens is 404 g/mol. The Hall–Kier alpha value is -2.61. The van der Waals surface area contributed by atoms with Crippen molar-refractivity contribution < 1.29 is 22.3 Å². The minimum atomic E-state index is -4.53. The van der Waals surface area contributed by atoms with Crippen molar-refractivity contribution in [2.24, 2.45) is 0 Å². The molecule has 0 radical (unpaired) electrons. The third kappa shape index (κ3) is 5.69. The Labute approximate surface area is 170 Å². The third-order valence-electron chi connectivity index (χ3n) is 4.17. The fourth-order valence-corrected chi connectivity index (χ4v) is 3.46. The number of unbranched alkanes of at least 4 members (excludes halogenated alkanes) is 2. The molecule has 0 saturated heterocycles. The first-order valence-electron chi connectivity index (χ1n) is 9.19. The number of benzene rings is 2. The fraction of sp³-hybridized carbons (Fsp3) is 0.286. The second-order valence-corrected chi connectivity index (χ2v) is 7.30. The van der Waals surface area contributed by atoms with Gasteiger partial charge in [-0.3, -0.25) is 0 Å². The molecule has 0 aliphatic rings. The van der Waals surface area contributed by atoms with Crippen LogP contribution in [-0.4, -0.2) is 11.6 Å². The standard InChI is InChI=1S/C21H20F4N2OS/c1-2-3-4-10-28-19-9-8-16(12-17(19)21(23,24)25)26-20-27-18(13-29-20)14-6-5-7-15(22)11-14/h5-9,11-13H,2-4,10H2,1H3,(H,26,27). The van der Waals surface area contributed by atoms with Crippen LogP contribution in [0.1, 0.15) is 31.7 Å². The largest absolute Gasteiger partial charge is 0.493 e. The topological polar surface area (TPSA) is 34.1 Å². The van der Waals surface area contributed by atoms with E-state index < -0.39 is 11.7 Å². The summed E-state index contributed by atoms with van der Waals surface area (Å²) >= 11 is 1.22. The molecule has 0 aliphatic carbocycles. The van der Waals surface area contributed by atoms with Crippen LogP contribution in [0.4, 0.5) is 28.4 Å². The lowest BCUT2D eigenvalue weighted by molar-refractivity contribution is -0.138. The lowest BCUT2D eigenvalue weighted by Gasteiger charge is -2.15. The maximum absolute atomic E-state index is 13.4. The zero-order valence-electron chi connectivity index (χ0n) is 15.7. The molecule has 0 aliphatic heterocycles. The molecule has 0 spiro atoms. The van der Waals surface area contributed by atoms with Crippen LogP contribution in [0.5, 0.6) is 5.75 Å². The highest BCUT2D eigenvalue weighted by Gasteiger charge is 2.34. The van der Waals surface area contributed by atoms with Crippen molar-refractivity contribution in [2.75, 3.05) is 11.9 Å². The zero-order chi connectivity index (χ0) is 20.9. The maximum Gasteiger partial charge on any atom is 0.420 e. The van der Waals surface area contributed by atoms with Gasteiger partial charge in [0.05, 0.1) is 17.9 Å². The van der Waals surface area contributed by atoms with Crippen molar-refractivity contribution in [1.29, 1.82) is 0 Å². The molecule has 1 aromatic heterocycles. The Kier molecular flexibility index (Phi) is 6.74. The molecular formula is C21H20F4N2OS. The summed E-state index contributed by atoms with van der Waals surface area (Å²) in [7, 11) is 0. The molecule has 0 amide bonds. The molecule has 1 N–H and O–H groups in total. The molecule has 3 rings (SSSR count). The summed E-state index contributed by atoms with van der Waals surface area (Å²) < 4.78 is 59.1. The summed E-state index contributed by atoms with van der Waals surface area (Å²) in [4.78, 5) is 4.33. The summed E-state index contributed by atoms with van der Waals surface area (Å²) in [5.41, 5.74) is 0.560. The van der Waals surface area contributed by atoms with Crippen LogP contribution in [0, 0.1) is 5.82 Å². The predicted molar refractivity (Wildman–Crippen MR) is 107 cm³/mol. The number of nitrogens with zero attached hydrogens (tertiary/aromatic N) is 1. The van der Waals surface area contributed by atoms with Crippen LogP contribution >= 0.6 is 11.3 Å². The maximum atomic E-state index is 13.4. The first kappa shape index (κ1) is 21.1. The average molecular weight is 424 g/mol. The van der Waals surface area contributed by atoms with E-state index in [0.29, 0.717) is 22.8 Å². The molecule has 0 bridgehead atoms. The van der Waals surface area contributed by atoms with Gasteiger partial charge in [-0.05, 0) is 36.8 Å². The Bertz CT molecular complexity index is 956. The van der Waals surface area contributed by atoms with E-state index in [2.05, 4.69) is 10.3 Å². The van der Waals surface area contributed by atoms with E-state index in [4.69, 9.17) is 4.74 Å². The Morgan fingerprint density at radius 1 is 1.10 bits per heavy atom. The van der Waals surface area contributed by atoms with E-state index in [1.54, 1.807) is 17.5 Å². The minimum Gasteiger partial charge on any atom is -0.493 e. The van der Waals surface area contributed by atoms with Crippen LogP contribution < -0.4 is 10.1 Å². The lowest BCUT2D eigenvalue weighted by Crippen LogP contribution is -2.10. The number of ether oxygens (including phenoxy) is 1. The molecule has 0 unspecified atom stereocenters. The number of alkyl halides is 3. The average Bonchev–Trinajstić information content (AvgIpc) is 3.14. The molecule has 29 heavy (non-hydrogen) atoms. The highest BCUT2D eigenvalue weighted by Crippen LogP contribution is 2.39. The monoisotopic (exact) mass is 424 g/mol. The van der Waals surface area contributed by atoms with Crippen molar-refractivity contribution in [3.8, 4) is 17.0 Å². The van der Waals surface area contributed by atoms with Gasteiger partial charge in [0, 0.05) is 16.6 Å². The first-order chi connectivity index (χ1) is 13.9. The smallest absolute Gasteiger partial charge is 0.420 e. The molecule has 3 aromatic rings. The highest BCUT2D eigenvalue weighted by molar-refractivity contribution is 7.14. The van der Waals surface area contributed by atoms with Crippen LogP contribution in [-0.2, 0) is 6.18 Å². The van der Waals surface area contributed by atoms with E-state index in [1.807, 2.05) is 6.92 Å². The van der Waals surface area contributed by atoms with Gasteiger partial charge < -0.3 is 10.1 Å². The van der Waals surface area contributed by atoms with Crippen molar-refractivity contribution in [3.05, 3.63) is 59.2 Å². The van der Waals surface area contributed by atoms with Gasteiger partial charge >= 0.3 is 6.18 Å². The number of anilines is 2. The summed E-state index contributed by atoms with van der Waals surface area (Å²) in [6, 6.07) is 9.83. The fourth-order valence-electron chi connectivity index (χ4n) is 2.72. The quantitative estimate of drug-likeness (QED) is 0.305. The Morgan fingerprint density at radius 3 is 2.66 bits per heavy atom. The SMILES string of the molecule is CCCCCOc1ccc(Nc2nc(-c3cccc(F)c3)cs2)cc1C(F)(F)F. The van der Waals surface area contributed by atoms with Gasteiger partial charge in [0.1, 0.15) is 11.6 Å². The zero-order valence-corrected chi connectivity index (χ0v) is 16.5. The van der Waals surface area contributed by atoms with E-state index in [9.17, 15) is 17.6 Å². The van der Waals surface area contributed by atoms with Gasteiger partial charge in [-0.15, -0.1) is 11.3 Å². The van der Waals surface area contributed by atoms with Crippen LogP contribution in [0.15, 0.2) is 47.8 Å². The van der Waals surface area contributed by atoms with Gasteiger partial charge in [-0.25, -0.2) is 9.37 Å². The number of aromatic nitrogens is 1. The summed E-state index contributed by atoms with van der Waals surface area (Å²) in [6.07, 6.45) is -1.97. The van der Waals surface area contributed by atoms with Crippen molar-refractivity contribution in [3.63, 3.8) is 0 Å². The van der Waals surface area contributed by atoms with E-state index in [0.717, 1.165) is 18.9 Å². The minimum absolute atomic E-state index is 0.182. The van der Waals surface area contributed by atoms with Gasteiger partial charge in [0.2, 0.25) is 0 Å². The van der Waals surface area contributed by atoms with Gasteiger partial charge in [0.25, 0.3) is 0 Å². The molecule has 0 fully saturated rings. The summed E-state index contributed by atoms with van der Waals surface area (Å²) in [5.74, 6) is -0.562. The molecule has 1 heterocycles. The first-order valence-corrected chi connectivity index (χ1v) is 10.1. The number of thiazole rings is 1. The van der Waals surface area contributed by atoms with Crippen molar-refractivity contribution in [2.45, 2.75) is 32.4 Å². The second kappa shape index (κ2) is 9.26. The van der Waals surface area contributed by atoms with Gasteiger partial charge in [-0.2, -0.15) is 13.2 Å². The summed E-state index contributed by atoms with van der Waals surface area (Å²) in [5, 5.41) is 5.01. The molecule has 3 nitrogen and oxygen atoms in total. The number of nitrogens with one attached hydrogen (secondary N) is 1. The van der Waals surface area contributed by atoms with E-state index in [-0.39, 0.29) is 23.9 Å². The second-order valence-electron chi connectivity index (χ2n) is 6.44. The molecule has 0 saturated carbocycles. The van der Waals surface area contributed by atoms with Crippen molar-refractivity contribution in [1.82, 2.24) is 4.98 Å². The molecule has 0 atom stereocenters. The Balaban J connectivity index is 1.77. The van der Waals surface area contributed by atoms with Gasteiger partial charge in [0.15, 0.2) is 5.13 Å². The van der Waals surface area contributed by atoms with Crippen molar-refractivity contribution >= 4 is 22.2 Å². The van der Waals surface area contributed by atoms with E-state index >= 15 is 0 Å². The molecule has 8 heteroatoms. The number of hydrogen-bond acceptors (Lipinski definition) is 4. The Morgan fingerprint density at radius 2 is 1.93 bits per heavy atom. The molecule has 154 valence electrons. The third-order valence-corrected chi connectivity index (χ3v) is 4.92. The van der Waals surface area contributed by atoms with Crippen LogP contribution in [0.3, 0.4) is 0 Å². The lowest BCUT2D eigenvalue weighted by atomic mass is 10.1. The number of halogens is 4. The molecule has 2 aromatic carbocycles.